The number of hydroxylamine groups is 3. The Balaban J connectivity index is 1.80. The van der Waals surface area contributed by atoms with Crippen LogP contribution in [0.1, 0.15) is 72.6 Å². The van der Waals surface area contributed by atoms with Crippen LogP contribution in [0.25, 0.3) is 0 Å². The van der Waals surface area contributed by atoms with E-state index < -0.39 is 0 Å². The highest BCUT2D eigenvalue weighted by Crippen LogP contribution is 2.36. The van der Waals surface area contributed by atoms with Crippen LogP contribution < -0.4 is 0 Å². The first kappa shape index (κ1) is 18.2. The van der Waals surface area contributed by atoms with Crippen molar-refractivity contribution in [3.8, 4) is 0 Å². The smallest absolute Gasteiger partial charge is 0.132 e. The van der Waals surface area contributed by atoms with E-state index in [1.807, 2.05) is 0 Å². The van der Waals surface area contributed by atoms with Gasteiger partial charge in [-0.1, -0.05) is 26.2 Å². The maximum Gasteiger partial charge on any atom is 0.132 e. The van der Waals surface area contributed by atoms with Gasteiger partial charge < -0.3 is 4.74 Å². The highest BCUT2D eigenvalue weighted by atomic mass is 16.7. The zero-order chi connectivity index (χ0) is 16.4. The minimum Gasteiger partial charge on any atom is -0.372 e. The highest BCUT2D eigenvalue weighted by Gasteiger charge is 2.37. The molecule has 0 radical (unpaired) electrons. The predicted octanol–water partition coefficient (Wildman–Crippen LogP) is 4.56. The van der Waals surface area contributed by atoms with Gasteiger partial charge in [0.1, 0.15) is 12.1 Å². The van der Waals surface area contributed by atoms with Gasteiger partial charge in [-0.15, -0.1) is 0 Å². The quantitative estimate of drug-likeness (QED) is 0.430. The first-order valence-electron chi connectivity index (χ1n) is 9.33. The van der Waals surface area contributed by atoms with E-state index in [0.29, 0.717) is 16.9 Å². The molecular formula is C19H38NO2+. The molecule has 2 unspecified atom stereocenters. The zero-order valence-corrected chi connectivity index (χ0v) is 15.7. The molecule has 3 heteroatoms. The van der Waals surface area contributed by atoms with Crippen LogP contribution in [0.5, 0.6) is 0 Å². The summed E-state index contributed by atoms with van der Waals surface area (Å²) >= 11 is 0. The van der Waals surface area contributed by atoms with Gasteiger partial charge in [-0.25, -0.2) is 4.84 Å². The number of quaternary nitrogens is 1. The molecule has 0 bridgehead atoms. The summed E-state index contributed by atoms with van der Waals surface area (Å²) in [6, 6.07) is 0. The van der Waals surface area contributed by atoms with Crippen LogP contribution in [-0.4, -0.2) is 43.1 Å². The Morgan fingerprint density at radius 1 is 1.05 bits per heavy atom. The second-order valence-electron chi connectivity index (χ2n) is 9.08. The van der Waals surface area contributed by atoms with Crippen LogP contribution in [0.2, 0.25) is 0 Å². The molecule has 2 aliphatic rings. The van der Waals surface area contributed by atoms with Gasteiger partial charge in [-0.2, -0.15) is 4.65 Å². The molecule has 0 amide bonds. The van der Waals surface area contributed by atoms with Gasteiger partial charge in [0.2, 0.25) is 0 Å². The summed E-state index contributed by atoms with van der Waals surface area (Å²) in [6.45, 7) is 9.80. The minimum atomic E-state index is 0.0920. The van der Waals surface area contributed by atoms with Crippen molar-refractivity contribution in [2.75, 3.05) is 20.7 Å². The Morgan fingerprint density at radius 3 is 2.41 bits per heavy atom. The summed E-state index contributed by atoms with van der Waals surface area (Å²) in [5.74, 6) is 1.66. The minimum absolute atomic E-state index is 0.0920. The zero-order valence-electron chi connectivity index (χ0n) is 15.7. The molecule has 1 saturated heterocycles. The molecule has 1 aliphatic heterocycles. The average molecular weight is 313 g/mol. The lowest BCUT2D eigenvalue weighted by Crippen LogP contribution is -2.54. The fraction of sp³-hybridized carbons (Fsp3) is 1.00. The lowest BCUT2D eigenvalue weighted by molar-refractivity contribution is -1.11. The van der Waals surface area contributed by atoms with Gasteiger partial charge >= 0.3 is 0 Å². The van der Waals surface area contributed by atoms with Gasteiger partial charge in [0, 0.05) is 0 Å². The Bertz CT molecular complexity index is 348. The van der Waals surface area contributed by atoms with Gasteiger partial charge in [0.25, 0.3) is 0 Å². The van der Waals surface area contributed by atoms with Crippen molar-refractivity contribution in [2.45, 2.75) is 90.4 Å². The molecule has 1 aliphatic carbocycles. The van der Waals surface area contributed by atoms with E-state index in [-0.39, 0.29) is 5.54 Å². The van der Waals surface area contributed by atoms with E-state index in [1.54, 1.807) is 0 Å². The fourth-order valence-electron chi connectivity index (χ4n) is 3.66. The van der Waals surface area contributed by atoms with Crippen molar-refractivity contribution in [1.29, 1.82) is 0 Å². The van der Waals surface area contributed by atoms with Crippen LogP contribution in [0.15, 0.2) is 0 Å². The number of rotatable bonds is 4. The maximum absolute atomic E-state index is 6.38. The third kappa shape index (κ3) is 4.69. The third-order valence-corrected chi connectivity index (χ3v) is 6.09. The van der Waals surface area contributed by atoms with Crippen molar-refractivity contribution < 1.29 is 14.2 Å². The Kier molecular flexibility index (Phi) is 5.95. The molecule has 22 heavy (non-hydrogen) atoms. The molecule has 0 aromatic heterocycles. The van der Waals surface area contributed by atoms with Gasteiger partial charge in [0.15, 0.2) is 0 Å². The third-order valence-electron chi connectivity index (χ3n) is 6.09. The topological polar surface area (TPSA) is 18.5 Å². The van der Waals surface area contributed by atoms with E-state index >= 15 is 0 Å². The molecule has 3 nitrogen and oxygen atoms in total. The Labute approximate surface area is 137 Å². The molecule has 0 spiro atoms. The molecule has 2 fully saturated rings. The largest absolute Gasteiger partial charge is 0.372 e. The van der Waals surface area contributed by atoms with E-state index in [1.165, 1.54) is 44.9 Å². The SMILES string of the molecule is CC1CCCCC([C@H]2CC[C@@H](CO[N+](C)(C)C(C)(C)C)O2)C1. The number of ether oxygens (including phenoxy) is 1. The summed E-state index contributed by atoms with van der Waals surface area (Å²) in [7, 11) is 4.28. The molecule has 4 atom stereocenters. The molecule has 0 aromatic carbocycles. The summed E-state index contributed by atoms with van der Waals surface area (Å²) in [5.41, 5.74) is 0.0920. The van der Waals surface area contributed by atoms with E-state index in [9.17, 15) is 0 Å². The van der Waals surface area contributed by atoms with Crippen LogP contribution in [0.4, 0.5) is 0 Å². The van der Waals surface area contributed by atoms with Crippen molar-refractivity contribution in [3.05, 3.63) is 0 Å². The Hall–Kier alpha value is -0.120. The molecular weight excluding hydrogens is 274 g/mol. The van der Waals surface area contributed by atoms with Crippen LogP contribution in [0, 0.1) is 11.8 Å². The van der Waals surface area contributed by atoms with Crippen molar-refractivity contribution in [2.24, 2.45) is 11.8 Å². The summed E-state index contributed by atoms with van der Waals surface area (Å²) in [4.78, 5) is 6.17. The molecule has 2 rings (SSSR count). The molecule has 130 valence electrons. The van der Waals surface area contributed by atoms with E-state index in [2.05, 4.69) is 41.8 Å². The average Bonchev–Trinajstić information content (AvgIpc) is 2.77. The summed E-state index contributed by atoms with van der Waals surface area (Å²) < 4.78 is 6.96. The van der Waals surface area contributed by atoms with Crippen molar-refractivity contribution in [1.82, 2.24) is 0 Å². The predicted molar refractivity (Wildman–Crippen MR) is 91.4 cm³/mol. The molecule has 1 heterocycles. The highest BCUT2D eigenvalue weighted by molar-refractivity contribution is 4.82. The lowest BCUT2D eigenvalue weighted by atomic mass is 9.89. The van der Waals surface area contributed by atoms with Crippen LogP contribution in [-0.2, 0) is 9.57 Å². The molecule has 0 aromatic rings. The monoisotopic (exact) mass is 312 g/mol. The Morgan fingerprint density at radius 2 is 1.73 bits per heavy atom. The van der Waals surface area contributed by atoms with Gasteiger partial charge in [0.05, 0.1) is 26.3 Å². The van der Waals surface area contributed by atoms with Crippen molar-refractivity contribution in [3.63, 3.8) is 0 Å². The standard InChI is InChI=1S/C19H38NO2/c1-15-9-7-8-10-16(13-15)18-12-11-17(22-18)14-21-20(5,6)19(2,3)4/h15-18H,7-14H2,1-6H3/q+1/t15?,16?,17-,18+/m0/s1. The summed E-state index contributed by atoms with van der Waals surface area (Å²) in [5, 5.41) is 0. The van der Waals surface area contributed by atoms with E-state index in [0.717, 1.165) is 18.4 Å². The van der Waals surface area contributed by atoms with Crippen LogP contribution >= 0.6 is 0 Å². The first-order valence-corrected chi connectivity index (χ1v) is 9.33. The molecule has 0 N–H and O–H groups in total. The van der Waals surface area contributed by atoms with Crippen LogP contribution in [0.3, 0.4) is 0 Å². The number of hydrogen-bond acceptors (Lipinski definition) is 2. The van der Waals surface area contributed by atoms with Gasteiger partial charge in [-0.05, 0) is 58.3 Å². The number of hydrogen-bond donors (Lipinski definition) is 0. The second kappa shape index (κ2) is 7.19. The second-order valence-corrected chi connectivity index (χ2v) is 9.08. The normalized spacial score (nSPS) is 34.6. The lowest BCUT2D eigenvalue weighted by Gasteiger charge is -2.39. The first-order chi connectivity index (χ1) is 10.2. The number of nitrogens with zero attached hydrogens (tertiary/aromatic N) is 1. The molecule has 1 saturated carbocycles. The summed E-state index contributed by atoms with van der Waals surface area (Å²) in [6.07, 6.45) is 10.1. The maximum atomic E-state index is 6.38. The fourth-order valence-corrected chi connectivity index (χ4v) is 3.66. The van der Waals surface area contributed by atoms with Gasteiger partial charge in [-0.3, -0.25) is 0 Å². The van der Waals surface area contributed by atoms with Crippen molar-refractivity contribution >= 4 is 0 Å². The van der Waals surface area contributed by atoms with E-state index in [4.69, 9.17) is 9.57 Å².